The molecule has 1 fully saturated rings. The van der Waals surface area contributed by atoms with Gasteiger partial charge in [-0.25, -0.2) is 8.42 Å². The number of nitrogens with zero attached hydrogens (tertiary/aromatic N) is 3. The van der Waals surface area contributed by atoms with Gasteiger partial charge in [0.05, 0.1) is 22.1 Å². The molecule has 3 aromatic rings. The van der Waals surface area contributed by atoms with Gasteiger partial charge in [0.1, 0.15) is 0 Å². The van der Waals surface area contributed by atoms with E-state index < -0.39 is 15.4 Å². The van der Waals surface area contributed by atoms with Gasteiger partial charge in [-0.1, -0.05) is 80.1 Å². The Kier molecular flexibility index (Phi) is 9.45. The van der Waals surface area contributed by atoms with Crippen LogP contribution in [0.15, 0.2) is 83.8 Å². The molecule has 1 atom stereocenters. The smallest absolute Gasteiger partial charge is 0.261 e. The number of piperazine rings is 1. The van der Waals surface area contributed by atoms with Crippen LogP contribution in [0.25, 0.3) is 0 Å². The first kappa shape index (κ1) is 28.8. The van der Waals surface area contributed by atoms with Crippen molar-refractivity contribution in [3.63, 3.8) is 0 Å². The molecule has 0 bridgehead atoms. The van der Waals surface area contributed by atoms with Crippen LogP contribution in [0.5, 0.6) is 0 Å². The first-order chi connectivity index (χ1) is 18.7. The quantitative estimate of drug-likeness (QED) is 0.330. The van der Waals surface area contributed by atoms with Gasteiger partial charge in [-0.2, -0.15) is 5.26 Å². The van der Waals surface area contributed by atoms with Crippen molar-refractivity contribution in [3.05, 3.63) is 95.6 Å². The summed E-state index contributed by atoms with van der Waals surface area (Å²) in [4.78, 5) is 5.13. The van der Waals surface area contributed by atoms with Gasteiger partial charge in [0.15, 0.2) is 0 Å². The summed E-state index contributed by atoms with van der Waals surface area (Å²) in [5, 5.41) is 10.2. The molecule has 0 aromatic heterocycles. The predicted octanol–water partition coefficient (Wildman–Crippen LogP) is 5.81. The summed E-state index contributed by atoms with van der Waals surface area (Å²) in [5.74, 6) is 0.241. The minimum absolute atomic E-state index is 0.241. The Morgan fingerprint density at radius 2 is 1.51 bits per heavy atom. The third-order valence-electron chi connectivity index (χ3n) is 7.97. The molecule has 206 valence electrons. The Morgan fingerprint density at radius 3 is 2.15 bits per heavy atom. The fourth-order valence-electron chi connectivity index (χ4n) is 5.42. The maximum Gasteiger partial charge on any atom is 0.261 e. The standard InChI is InChI=1S/C32H40N4O2S/c1-26(2)32(25-33,29-11-5-4-6-12-29)18-9-19-35-20-22-36(23-21-35)24-28-10-7-8-13-31(28)34-39(37,38)30-16-14-27(3)15-17-30/h4-8,10-17,26,34H,9,18-24H2,1-3H3. The lowest BCUT2D eigenvalue weighted by molar-refractivity contribution is 0.123. The van der Waals surface area contributed by atoms with Crippen LogP contribution in [0.4, 0.5) is 5.69 Å². The van der Waals surface area contributed by atoms with Crippen LogP contribution in [0, 0.1) is 24.2 Å². The summed E-state index contributed by atoms with van der Waals surface area (Å²) in [5.41, 5.74) is 3.28. The second-order valence-corrected chi connectivity index (χ2v) is 12.6. The summed E-state index contributed by atoms with van der Waals surface area (Å²) in [6.45, 7) is 11.7. The third-order valence-corrected chi connectivity index (χ3v) is 9.35. The summed E-state index contributed by atoms with van der Waals surface area (Å²) in [6, 6.07) is 27.4. The summed E-state index contributed by atoms with van der Waals surface area (Å²) < 4.78 is 28.7. The molecule has 1 aliphatic rings. The number of nitrogens with one attached hydrogen (secondary N) is 1. The van der Waals surface area contributed by atoms with E-state index in [0.29, 0.717) is 12.2 Å². The van der Waals surface area contributed by atoms with Gasteiger partial charge in [-0.15, -0.1) is 0 Å². The van der Waals surface area contributed by atoms with E-state index >= 15 is 0 Å². The Bertz CT molecular complexity index is 1360. The van der Waals surface area contributed by atoms with Crippen LogP contribution >= 0.6 is 0 Å². The van der Waals surface area contributed by atoms with E-state index in [9.17, 15) is 13.7 Å². The largest absolute Gasteiger partial charge is 0.301 e. The monoisotopic (exact) mass is 544 g/mol. The molecule has 7 heteroatoms. The molecule has 4 rings (SSSR count). The van der Waals surface area contributed by atoms with E-state index in [4.69, 9.17) is 0 Å². The fourth-order valence-corrected chi connectivity index (χ4v) is 6.52. The number of nitriles is 1. The van der Waals surface area contributed by atoms with E-state index in [1.807, 2.05) is 61.5 Å². The Labute approximate surface area is 234 Å². The van der Waals surface area contributed by atoms with Crippen LogP contribution in [0.1, 0.15) is 43.4 Å². The van der Waals surface area contributed by atoms with E-state index in [1.54, 1.807) is 12.1 Å². The first-order valence-corrected chi connectivity index (χ1v) is 15.3. The van der Waals surface area contributed by atoms with Gasteiger partial charge < -0.3 is 4.90 Å². The molecule has 6 nitrogen and oxygen atoms in total. The molecule has 1 unspecified atom stereocenters. The van der Waals surface area contributed by atoms with Gasteiger partial charge in [0.25, 0.3) is 10.0 Å². The first-order valence-electron chi connectivity index (χ1n) is 13.8. The Balaban J connectivity index is 1.31. The summed E-state index contributed by atoms with van der Waals surface area (Å²) in [6.07, 6.45) is 1.82. The number of aryl methyl sites for hydroxylation is 1. The minimum Gasteiger partial charge on any atom is -0.301 e. The van der Waals surface area contributed by atoms with Crippen molar-refractivity contribution in [2.24, 2.45) is 5.92 Å². The van der Waals surface area contributed by atoms with Crippen molar-refractivity contribution in [1.29, 1.82) is 5.26 Å². The molecule has 1 saturated heterocycles. The number of benzene rings is 3. The van der Waals surface area contributed by atoms with Crippen LogP contribution in [0.3, 0.4) is 0 Å². The molecule has 1 aliphatic heterocycles. The van der Waals surface area contributed by atoms with E-state index in [0.717, 1.165) is 62.3 Å². The second-order valence-electron chi connectivity index (χ2n) is 10.9. The number of para-hydroxylation sites is 1. The number of rotatable bonds is 11. The van der Waals surface area contributed by atoms with Crippen molar-refractivity contribution >= 4 is 15.7 Å². The maximum atomic E-state index is 13.0. The Morgan fingerprint density at radius 1 is 0.897 bits per heavy atom. The van der Waals surface area contributed by atoms with Crippen molar-refractivity contribution in [1.82, 2.24) is 9.80 Å². The highest BCUT2D eigenvalue weighted by atomic mass is 32.2. The number of hydrogen-bond donors (Lipinski definition) is 1. The lowest BCUT2D eigenvalue weighted by atomic mass is 9.70. The van der Waals surface area contributed by atoms with E-state index in [1.165, 1.54) is 0 Å². The van der Waals surface area contributed by atoms with Crippen LogP contribution in [0.2, 0.25) is 0 Å². The maximum absolute atomic E-state index is 13.0. The van der Waals surface area contributed by atoms with Gasteiger partial charge in [0.2, 0.25) is 0 Å². The highest BCUT2D eigenvalue weighted by Crippen LogP contribution is 2.36. The molecule has 39 heavy (non-hydrogen) atoms. The van der Waals surface area contributed by atoms with E-state index in [-0.39, 0.29) is 10.8 Å². The zero-order chi connectivity index (χ0) is 27.9. The number of sulfonamides is 1. The van der Waals surface area contributed by atoms with Crippen molar-refractivity contribution in [2.75, 3.05) is 37.4 Å². The lowest BCUT2D eigenvalue weighted by Gasteiger charge is -2.36. The zero-order valence-electron chi connectivity index (χ0n) is 23.3. The molecule has 3 aromatic carbocycles. The van der Waals surface area contributed by atoms with Crippen LogP contribution < -0.4 is 4.72 Å². The molecular formula is C32H40N4O2S. The summed E-state index contributed by atoms with van der Waals surface area (Å²) >= 11 is 0. The van der Waals surface area contributed by atoms with Gasteiger partial charge in [-0.3, -0.25) is 9.62 Å². The normalized spacial score (nSPS) is 16.5. The zero-order valence-corrected chi connectivity index (χ0v) is 24.1. The highest BCUT2D eigenvalue weighted by Gasteiger charge is 2.35. The molecule has 0 saturated carbocycles. The number of anilines is 1. The molecule has 1 N–H and O–H groups in total. The Hall–Kier alpha value is -3.18. The second kappa shape index (κ2) is 12.8. The fraction of sp³-hybridized carbons (Fsp3) is 0.406. The third kappa shape index (κ3) is 7.07. The molecule has 0 amide bonds. The number of hydrogen-bond acceptors (Lipinski definition) is 5. The molecular weight excluding hydrogens is 504 g/mol. The van der Waals surface area contributed by atoms with Crippen molar-refractivity contribution < 1.29 is 8.42 Å². The van der Waals surface area contributed by atoms with E-state index in [2.05, 4.69) is 46.6 Å². The van der Waals surface area contributed by atoms with Gasteiger partial charge in [-0.05, 0) is 61.6 Å². The average Bonchev–Trinajstić information content (AvgIpc) is 2.93. The van der Waals surface area contributed by atoms with Gasteiger partial charge in [0, 0.05) is 32.7 Å². The molecule has 0 aliphatic carbocycles. The minimum atomic E-state index is -3.65. The highest BCUT2D eigenvalue weighted by molar-refractivity contribution is 7.92. The predicted molar refractivity (Wildman–Crippen MR) is 158 cm³/mol. The van der Waals surface area contributed by atoms with Crippen LogP contribution in [-0.2, 0) is 22.0 Å². The molecule has 0 spiro atoms. The summed E-state index contributed by atoms with van der Waals surface area (Å²) in [7, 11) is -3.65. The molecule has 0 radical (unpaired) electrons. The van der Waals surface area contributed by atoms with Crippen molar-refractivity contribution in [3.8, 4) is 6.07 Å². The SMILES string of the molecule is Cc1ccc(S(=O)(=O)Nc2ccccc2CN2CCN(CCCC(C#N)(c3ccccc3)C(C)C)CC2)cc1. The van der Waals surface area contributed by atoms with Crippen LogP contribution in [-0.4, -0.2) is 50.9 Å². The lowest BCUT2D eigenvalue weighted by Crippen LogP contribution is -2.46. The topological polar surface area (TPSA) is 76.4 Å². The average molecular weight is 545 g/mol. The van der Waals surface area contributed by atoms with Crippen molar-refractivity contribution in [2.45, 2.75) is 50.5 Å². The molecule has 1 heterocycles. The van der Waals surface area contributed by atoms with Gasteiger partial charge >= 0.3 is 0 Å².